The number of thioether (sulfide) groups is 1. The lowest BCUT2D eigenvalue weighted by Gasteiger charge is -2.28. The van der Waals surface area contributed by atoms with Gasteiger partial charge in [0.1, 0.15) is 10.0 Å². The Balaban J connectivity index is 1.47. The Kier molecular flexibility index (Phi) is 4.83. The second kappa shape index (κ2) is 6.83. The summed E-state index contributed by atoms with van der Waals surface area (Å²) in [5.74, 6) is -0.0216. The maximum absolute atomic E-state index is 12.2. The molecule has 1 saturated carbocycles. The first-order chi connectivity index (χ1) is 10.6. The van der Waals surface area contributed by atoms with E-state index >= 15 is 0 Å². The van der Waals surface area contributed by atoms with E-state index in [1.165, 1.54) is 4.34 Å². The predicted octanol–water partition coefficient (Wildman–Crippen LogP) is 3.02. The molecular weight excluding hydrogens is 316 g/mol. The number of aromatic nitrogens is 3. The summed E-state index contributed by atoms with van der Waals surface area (Å²) in [4.78, 5) is 20.7. The number of nitrogens with one attached hydrogen (secondary N) is 1. The molecule has 2 heterocycles. The maximum Gasteiger partial charge on any atom is 0.269 e. The monoisotopic (exact) mass is 336 g/mol. The van der Waals surface area contributed by atoms with Crippen molar-refractivity contribution in [1.82, 2.24) is 19.9 Å². The fraction of sp³-hybridized carbons (Fsp3) is 0.533. The molecule has 0 bridgehead atoms. The number of carbonyl (C=O) groups is 1. The van der Waals surface area contributed by atoms with Crippen molar-refractivity contribution >= 4 is 29.0 Å². The molecule has 0 saturated heterocycles. The second-order valence-electron chi connectivity index (χ2n) is 5.71. The summed E-state index contributed by atoms with van der Waals surface area (Å²) in [5, 5.41) is 5.85. The number of hydrogen-bond donors (Lipinski definition) is 1. The van der Waals surface area contributed by atoms with Crippen LogP contribution in [0.5, 0.6) is 0 Å². The normalized spacial score (nSPS) is 21.7. The van der Waals surface area contributed by atoms with E-state index in [0.29, 0.717) is 10.9 Å². The average Bonchev–Trinajstić information content (AvgIpc) is 3.10. The number of aryl methyl sites for hydroxylation is 2. The number of hydrogen-bond acceptors (Lipinski definition) is 5. The predicted molar refractivity (Wildman–Crippen MR) is 89.4 cm³/mol. The van der Waals surface area contributed by atoms with Crippen molar-refractivity contribution in [3.05, 3.63) is 29.3 Å². The first kappa shape index (κ1) is 15.6. The molecule has 1 aliphatic carbocycles. The number of rotatable bonds is 4. The Morgan fingerprint density at radius 1 is 1.41 bits per heavy atom. The molecule has 1 aliphatic rings. The lowest BCUT2D eigenvalue weighted by Crippen LogP contribution is -2.38. The molecule has 2 aromatic rings. The van der Waals surface area contributed by atoms with E-state index < -0.39 is 0 Å². The molecule has 0 atom stereocenters. The van der Waals surface area contributed by atoms with E-state index in [2.05, 4.69) is 20.7 Å². The van der Waals surface area contributed by atoms with Crippen LogP contribution in [-0.2, 0) is 7.05 Å². The minimum absolute atomic E-state index is 0.0216. The maximum atomic E-state index is 12.2. The molecule has 118 valence electrons. The van der Waals surface area contributed by atoms with Crippen LogP contribution in [0.1, 0.15) is 41.9 Å². The van der Waals surface area contributed by atoms with Gasteiger partial charge < -0.3 is 9.88 Å². The van der Waals surface area contributed by atoms with Gasteiger partial charge in [0.2, 0.25) is 0 Å². The Labute approximate surface area is 138 Å². The van der Waals surface area contributed by atoms with Gasteiger partial charge in [0.05, 0.1) is 12.5 Å². The van der Waals surface area contributed by atoms with Gasteiger partial charge >= 0.3 is 0 Å². The third-order valence-corrected chi connectivity index (χ3v) is 6.35. The Hall–Kier alpha value is -1.34. The van der Waals surface area contributed by atoms with Gasteiger partial charge in [0.15, 0.2) is 0 Å². The Bertz CT molecular complexity index is 644. The van der Waals surface area contributed by atoms with E-state index in [4.69, 9.17) is 0 Å². The van der Waals surface area contributed by atoms with Crippen molar-refractivity contribution in [2.45, 2.75) is 48.2 Å². The summed E-state index contributed by atoms with van der Waals surface area (Å²) in [6.45, 7) is 2.03. The standard InChI is InChI=1S/C15H20N4OS2/c1-10-8-21-15(17-10)22-12-5-3-11(4-6-12)18-14(20)13-7-16-9-19(13)2/h7-9,11-12H,3-6H2,1-2H3,(H,18,20). The summed E-state index contributed by atoms with van der Waals surface area (Å²) in [7, 11) is 1.84. The largest absolute Gasteiger partial charge is 0.348 e. The van der Waals surface area contributed by atoms with Crippen LogP contribution in [0.3, 0.4) is 0 Å². The summed E-state index contributed by atoms with van der Waals surface area (Å²) >= 11 is 3.61. The van der Waals surface area contributed by atoms with Gasteiger partial charge in [-0.15, -0.1) is 11.3 Å². The van der Waals surface area contributed by atoms with E-state index in [1.54, 1.807) is 28.4 Å². The zero-order valence-corrected chi connectivity index (χ0v) is 14.4. The molecule has 2 aromatic heterocycles. The van der Waals surface area contributed by atoms with E-state index in [-0.39, 0.29) is 11.9 Å². The van der Waals surface area contributed by atoms with Gasteiger partial charge in [-0.3, -0.25) is 4.79 Å². The first-order valence-electron chi connectivity index (χ1n) is 7.48. The quantitative estimate of drug-likeness (QED) is 0.932. The highest BCUT2D eigenvalue weighted by Gasteiger charge is 2.24. The van der Waals surface area contributed by atoms with Crippen LogP contribution in [0.2, 0.25) is 0 Å². The van der Waals surface area contributed by atoms with Crippen LogP contribution in [-0.4, -0.2) is 31.7 Å². The third kappa shape index (κ3) is 3.70. The fourth-order valence-electron chi connectivity index (χ4n) is 2.69. The average molecular weight is 336 g/mol. The molecule has 0 aromatic carbocycles. The highest BCUT2D eigenvalue weighted by atomic mass is 32.2. The molecule has 1 amide bonds. The van der Waals surface area contributed by atoms with Crippen molar-refractivity contribution in [2.75, 3.05) is 0 Å². The number of thiazole rings is 1. The van der Waals surface area contributed by atoms with Crippen LogP contribution >= 0.6 is 23.1 Å². The second-order valence-corrected chi connectivity index (χ2v) is 8.12. The van der Waals surface area contributed by atoms with Crippen LogP contribution in [0.4, 0.5) is 0 Å². The van der Waals surface area contributed by atoms with Gasteiger partial charge in [-0.2, -0.15) is 0 Å². The van der Waals surface area contributed by atoms with Gasteiger partial charge in [-0.25, -0.2) is 9.97 Å². The van der Waals surface area contributed by atoms with Gasteiger partial charge in [-0.05, 0) is 32.6 Å². The highest BCUT2D eigenvalue weighted by Crippen LogP contribution is 2.35. The third-order valence-electron chi connectivity index (χ3n) is 3.92. The lowest BCUT2D eigenvalue weighted by atomic mass is 9.95. The van der Waals surface area contributed by atoms with E-state index in [0.717, 1.165) is 31.4 Å². The van der Waals surface area contributed by atoms with Gasteiger partial charge in [0, 0.05) is 29.4 Å². The summed E-state index contributed by atoms with van der Waals surface area (Å²) < 4.78 is 2.92. The minimum Gasteiger partial charge on any atom is -0.348 e. The molecule has 0 aliphatic heterocycles. The molecule has 22 heavy (non-hydrogen) atoms. The minimum atomic E-state index is -0.0216. The van der Waals surface area contributed by atoms with Crippen molar-refractivity contribution in [3.63, 3.8) is 0 Å². The zero-order chi connectivity index (χ0) is 15.5. The Morgan fingerprint density at radius 3 is 2.77 bits per heavy atom. The molecule has 3 rings (SSSR count). The van der Waals surface area contributed by atoms with Crippen molar-refractivity contribution < 1.29 is 4.79 Å². The highest BCUT2D eigenvalue weighted by molar-refractivity contribution is 8.01. The van der Waals surface area contributed by atoms with Gasteiger partial charge in [0.25, 0.3) is 5.91 Å². The molecule has 0 unspecified atom stereocenters. The Morgan fingerprint density at radius 2 is 2.18 bits per heavy atom. The number of imidazole rings is 1. The van der Waals surface area contributed by atoms with Crippen molar-refractivity contribution in [1.29, 1.82) is 0 Å². The van der Waals surface area contributed by atoms with E-state index in [1.807, 2.05) is 25.7 Å². The summed E-state index contributed by atoms with van der Waals surface area (Å²) in [5.41, 5.74) is 1.72. The first-order valence-corrected chi connectivity index (χ1v) is 9.23. The molecule has 0 spiro atoms. The van der Waals surface area contributed by atoms with Crippen molar-refractivity contribution in [2.24, 2.45) is 7.05 Å². The topological polar surface area (TPSA) is 59.8 Å². The smallest absolute Gasteiger partial charge is 0.269 e. The molecular formula is C15H20N4OS2. The molecule has 1 N–H and O–H groups in total. The van der Waals surface area contributed by atoms with Crippen LogP contribution in [0.25, 0.3) is 0 Å². The summed E-state index contributed by atoms with van der Waals surface area (Å²) in [6, 6.07) is 0.275. The molecule has 7 heteroatoms. The molecule has 0 radical (unpaired) electrons. The number of nitrogens with zero attached hydrogens (tertiary/aromatic N) is 3. The SMILES string of the molecule is Cc1csc(SC2CCC(NC(=O)c3cncn3C)CC2)n1. The molecule has 5 nitrogen and oxygen atoms in total. The van der Waals surface area contributed by atoms with Crippen molar-refractivity contribution in [3.8, 4) is 0 Å². The summed E-state index contributed by atoms with van der Waals surface area (Å²) in [6.07, 6.45) is 7.58. The van der Waals surface area contributed by atoms with Crippen LogP contribution in [0.15, 0.2) is 22.2 Å². The van der Waals surface area contributed by atoms with Gasteiger partial charge in [-0.1, -0.05) is 11.8 Å². The van der Waals surface area contributed by atoms with E-state index in [9.17, 15) is 4.79 Å². The fourth-order valence-corrected chi connectivity index (χ4v) is 4.97. The van der Waals surface area contributed by atoms with Crippen LogP contribution in [0, 0.1) is 6.92 Å². The van der Waals surface area contributed by atoms with Crippen LogP contribution < -0.4 is 5.32 Å². The molecule has 1 fully saturated rings. The number of amides is 1. The number of carbonyl (C=O) groups excluding carboxylic acids is 1. The zero-order valence-electron chi connectivity index (χ0n) is 12.8. The lowest BCUT2D eigenvalue weighted by molar-refractivity contribution is 0.0920.